The molecule has 0 bridgehead atoms. The van der Waals surface area contributed by atoms with Crippen LogP contribution in [-0.2, 0) is 12.8 Å². The molecule has 0 atom stereocenters. The average Bonchev–Trinajstić information content (AvgIpc) is 2.39. The van der Waals surface area contributed by atoms with Crippen LogP contribution in [0.4, 0.5) is 0 Å². The quantitative estimate of drug-likeness (QED) is 0.719. The van der Waals surface area contributed by atoms with E-state index < -0.39 is 0 Å². The molecule has 2 heteroatoms. The maximum Gasteiger partial charge on any atom is 0.131 e. The minimum Gasteiger partial charge on any atom is -0.241 e. The lowest BCUT2D eigenvalue weighted by atomic mass is 9.88. The summed E-state index contributed by atoms with van der Waals surface area (Å²) in [4.78, 5) is 9.43. The van der Waals surface area contributed by atoms with Crippen LogP contribution in [0.3, 0.4) is 0 Å². The summed E-state index contributed by atoms with van der Waals surface area (Å²) in [5.74, 6) is 1.79. The molecular weight excluding hydrogens is 196 g/mol. The van der Waals surface area contributed by atoms with Crippen LogP contribution in [0, 0.1) is 0 Å². The zero-order valence-electron chi connectivity index (χ0n) is 9.91. The number of hydrogen-bond acceptors (Lipinski definition) is 2. The normalized spacial score (nSPS) is 21.8. The molecule has 86 valence electrons. The highest BCUT2D eigenvalue weighted by Crippen LogP contribution is 2.31. The minimum absolute atomic E-state index is 0.654. The van der Waals surface area contributed by atoms with Crippen molar-refractivity contribution in [1.82, 2.24) is 9.97 Å². The molecule has 1 saturated carbocycles. The molecule has 16 heavy (non-hydrogen) atoms. The highest BCUT2D eigenvalue weighted by atomic mass is 14.9. The van der Waals surface area contributed by atoms with E-state index >= 15 is 0 Å². The molecule has 2 aliphatic carbocycles. The molecule has 0 unspecified atom stereocenters. The molecular formula is C14H20N2. The molecule has 2 aliphatic rings. The molecule has 0 aromatic carbocycles. The van der Waals surface area contributed by atoms with Crippen LogP contribution in [0.25, 0.3) is 0 Å². The highest BCUT2D eigenvalue weighted by molar-refractivity contribution is 5.21. The predicted octanol–water partition coefficient (Wildman–Crippen LogP) is 3.40. The van der Waals surface area contributed by atoms with Gasteiger partial charge in [0.25, 0.3) is 0 Å². The van der Waals surface area contributed by atoms with Crippen molar-refractivity contribution < 1.29 is 0 Å². The first kappa shape index (κ1) is 10.2. The van der Waals surface area contributed by atoms with E-state index in [1.165, 1.54) is 69.0 Å². The lowest BCUT2D eigenvalue weighted by Gasteiger charge is -2.22. The van der Waals surface area contributed by atoms with E-state index in [0.717, 1.165) is 5.82 Å². The van der Waals surface area contributed by atoms with E-state index in [-0.39, 0.29) is 0 Å². The van der Waals surface area contributed by atoms with Crippen molar-refractivity contribution in [1.29, 1.82) is 0 Å². The Hall–Kier alpha value is -0.920. The Morgan fingerprint density at radius 1 is 0.938 bits per heavy atom. The van der Waals surface area contributed by atoms with Crippen LogP contribution >= 0.6 is 0 Å². The maximum absolute atomic E-state index is 4.83. The first-order valence-electron chi connectivity index (χ1n) is 6.78. The van der Waals surface area contributed by atoms with Gasteiger partial charge in [0.15, 0.2) is 0 Å². The zero-order chi connectivity index (χ0) is 10.8. The van der Waals surface area contributed by atoms with Crippen molar-refractivity contribution in [3.05, 3.63) is 23.3 Å². The van der Waals surface area contributed by atoms with E-state index in [1.54, 1.807) is 0 Å². The van der Waals surface area contributed by atoms with Gasteiger partial charge in [-0.2, -0.15) is 0 Å². The average molecular weight is 216 g/mol. The summed E-state index contributed by atoms with van der Waals surface area (Å²) < 4.78 is 0. The maximum atomic E-state index is 4.83. The third-order valence-corrected chi connectivity index (χ3v) is 4.05. The van der Waals surface area contributed by atoms with Gasteiger partial charge >= 0.3 is 0 Å². The zero-order valence-corrected chi connectivity index (χ0v) is 9.91. The van der Waals surface area contributed by atoms with E-state index in [2.05, 4.69) is 11.2 Å². The first-order valence-corrected chi connectivity index (χ1v) is 6.78. The van der Waals surface area contributed by atoms with Crippen LogP contribution < -0.4 is 0 Å². The van der Waals surface area contributed by atoms with Crippen LogP contribution in [0.1, 0.15) is 67.9 Å². The highest BCUT2D eigenvalue weighted by Gasteiger charge is 2.20. The third-order valence-electron chi connectivity index (χ3n) is 4.05. The number of fused-ring (bicyclic) bond motifs is 1. The number of hydrogen-bond donors (Lipinski definition) is 0. The van der Waals surface area contributed by atoms with Gasteiger partial charge in [0.05, 0.1) is 0 Å². The summed E-state index contributed by atoms with van der Waals surface area (Å²) in [6, 6.07) is 0. The largest absolute Gasteiger partial charge is 0.241 e. The topological polar surface area (TPSA) is 25.8 Å². The Balaban J connectivity index is 1.84. The Kier molecular flexibility index (Phi) is 2.90. The van der Waals surface area contributed by atoms with Gasteiger partial charge in [0, 0.05) is 17.8 Å². The second kappa shape index (κ2) is 4.52. The van der Waals surface area contributed by atoms with Crippen molar-refractivity contribution in [3.8, 4) is 0 Å². The second-order valence-electron chi connectivity index (χ2n) is 5.24. The fraction of sp³-hybridized carbons (Fsp3) is 0.714. The molecule has 0 spiro atoms. The van der Waals surface area contributed by atoms with Crippen molar-refractivity contribution >= 4 is 0 Å². The molecule has 1 aromatic heterocycles. The van der Waals surface area contributed by atoms with Gasteiger partial charge in [-0.15, -0.1) is 0 Å². The van der Waals surface area contributed by atoms with E-state index in [4.69, 9.17) is 4.98 Å². The smallest absolute Gasteiger partial charge is 0.131 e. The predicted molar refractivity (Wildman–Crippen MR) is 64.5 cm³/mol. The minimum atomic E-state index is 0.654. The molecule has 0 saturated heterocycles. The van der Waals surface area contributed by atoms with Crippen LogP contribution in [-0.4, -0.2) is 9.97 Å². The van der Waals surface area contributed by atoms with Gasteiger partial charge in [0.2, 0.25) is 0 Å². The fourth-order valence-electron chi connectivity index (χ4n) is 3.05. The molecule has 0 aliphatic heterocycles. The molecule has 1 heterocycles. The molecule has 3 rings (SSSR count). The summed E-state index contributed by atoms with van der Waals surface area (Å²) in [5, 5.41) is 0. The Labute approximate surface area is 97.5 Å². The molecule has 0 amide bonds. The fourth-order valence-corrected chi connectivity index (χ4v) is 3.05. The van der Waals surface area contributed by atoms with E-state index in [1.807, 2.05) is 0 Å². The molecule has 2 nitrogen and oxygen atoms in total. The lowest BCUT2D eigenvalue weighted by molar-refractivity contribution is 0.426. The van der Waals surface area contributed by atoms with E-state index in [0.29, 0.717) is 5.92 Å². The SMILES string of the molecule is c1nc(C2CCCCC2)nc2c1CCCC2. The van der Waals surface area contributed by atoms with Gasteiger partial charge in [-0.05, 0) is 44.1 Å². The Morgan fingerprint density at radius 2 is 1.75 bits per heavy atom. The van der Waals surface area contributed by atoms with Crippen molar-refractivity contribution in [2.45, 2.75) is 63.7 Å². The van der Waals surface area contributed by atoms with Gasteiger partial charge in [-0.1, -0.05) is 19.3 Å². The molecule has 0 N–H and O–H groups in total. The van der Waals surface area contributed by atoms with E-state index in [9.17, 15) is 0 Å². The lowest BCUT2D eigenvalue weighted by Crippen LogP contribution is -2.13. The second-order valence-corrected chi connectivity index (χ2v) is 5.24. The number of nitrogens with zero attached hydrogens (tertiary/aromatic N) is 2. The summed E-state index contributed by atoms with van der Waals surface area (Å²) in [7, 11) is 0. The molecule has 1 aromatic rings. The van der Waals surface area contributed by atoms with Gasteiger partial charge in [-0.3, -0.25) is 0 Å². The monoisotopic (exact) mass is 216 g/mol. The summed E-state index contributed by atoms with van der Waals surface area (Å²) in [6.45, 7) is 0. The van der Waals surface area contributed by atoms with Crippen molar-refractivity contribution in [2.24, 2.45) is 0 Å². The van der Waals surface area contributed by atoms with Crippen LogP contribution in [0.2, 0.25) is 0 Å². The molecule has 1 fully saturated rings. The molecule has 0 radical (unpaired) electrons. The first-order chi connectivity index (χ1) is 7.93. The van der Waals surface area contributed by atoms with Crippen LogP contribution in [0.15, 0.2) is 6.20 Å². The number of rotatable bonds is 1. The summed E-state index contributed by atoms with van der Waals surface area (Å²) in [6.07, 6.45) is 13.9. The number of aryl methyl sites for hydroxylation is 2. The van der Waals surface area contributed by atoms with Crippen molar-refractivity contribution in [3.63, 3.8) is 0 Å². The Morgan fingerprint density at radius 3 is 2.62 bits per heavy atom. The van der Waals surface area contributed by atoms with Crippen LogP contribution in [0.5, 0.6) is 0 Å². The number of aromatic nitrogens is 2. The summed E-state index contributed by atoms with van der Waals surface area (Å²) >= 11 is 0. The van der Waals surface area contributed by atoms with Gasteiger partial charge in [-0.25, -0.2) is 9.97 Å². The standard InChI is InChI=1S/C14H20N2/c1-2-6-11(7-3-1)14-15-10-12-8-4-5-9-13(12)16-14/h10-11H,1-9H2. The van der Waals surface area contributed by atoms with Crippen molar-refractivity contribution in [2.75, 3.05) is 0 Å². The Bertz CT molecular complexity index is 367. The van der Waals surface area contributed by atoms with Gasteiger partial charge < -0.3 is 0 Å². The van der Waals surface area contributed by atoms with Gasteiger partial charge in [0.1, 0.15) is 5.82 Å². The summed E-state index contributed by atoms with van der Waals surface area (Å²) in [5.41, 5.74) is 2.76. The third kappa shape index (κ3) is 1.98.